The van der Waals surface area contributed by atoms with E-state index in [1.807, 2.05) is 0 Å². The SMILES string of the molecule is CC(=O)Cc1ccc(C2CCCCC2)c(Br)c1. The maximum atomic E-state index is 11.1. The molecule has 0 N–H and O–H groups in total. The minimum absolute atomic E-state index is 0.224. The van der Waals surface area contributed by atoms with Crippen LogP contribution in [-0.4, -0.2) is 5.78 Å². The minimum atomic E-state index is 0.224. The van der Waals surface area contributed by atoms with Gasteiger partial charge in [0.15, 0.2) is 0 Å². The molecule has 0 amide bonds. The van der Waals surface area contributed by atoms with Crippen molar-refractivity contribution in [3.05, 3.63) is 33.8 Å². The summed E-state index contributed by atoms with van der Waals surface area (Å²) < 4.78 is 1.18. The lowest BCUT2D eigenvalue weighted by Gasteiger charge is -2.23. The van der Waals surface area contributed by atoms with Gasteiger partial charge in [0.05, 0.1) is 0 Å². The summed E-state index contributed by atoms with van der Waals surface area (Å²) in [7, 11) is 0. The Kier molecular flexibility index (Phi) is 4.38. The second kappa shape index (κ2) is 5.81. The molecule has 0 aromatic heterocycles. The average Bonchev–Trinajstić information content (AvgIpc) is 2.29. The first-order valence-electron chi connectivity index (χ1n) is 6.44. The maximum absolute atomic E-state index is 11.1. The molecule has 1 saturated carbocycles. The Bertz CT molecular complexity index is 405. The van der Waals surface area contributed by atoms with Crippen molar-refractivity contribution in [1.29, 1.82) is 0 Å². The fourth-order valence-electron chi connectivity index (χ4n) is 2.71. The van der Waals surface area contributed by atoms with Crippen molar-refractivity contribution >= 4 is 21.7 Å². The quantitative estimate of drug-likeness (QED) is 0.794. The zero-order valence-corrected chi connectivity index (χ0v) is 11.9. The van der Waals surface area contributed by atoms with E-state index < -0.39 is 0 Å². The highest BCUT2D eigenvalue weighted by Gasteiger charge is 2.17. The first-order valence-corrected chi connectivity index (χ1v) is 7.24. The summed E-state index contributed by atoms with van der Waals surface area (Å²) in [6.07, 6.45) is 7.26. The van der Waals surface area contributed by atoms with Crippen LogP contribution in [0.1, 0.15) is 56.1 Å². The van der Waals surface area contributed by atoms with E-state index in [-0.39, 0.29) is 5.78 Å². The molecule has 0 aliphatic heterocycles. The maximum Gasteiger partial charge on any atom is 0.134 e. The zero-order valence-electron chi connectivity index (χ0n) is 10.3. The number of hydrogen-bond acceptors (Lipinski definition) is 1. The van der Waals surface area contributed by atoms with Crippen LogP contribution in [0.3, 0.4) is 0 Å². The standard InChI is InChI=1S/C15H19BrO/c1-11(17)9-12-7-8-14(15(16)10-12)13-5-3-2-4-6-13/h7-8,10,13H,2-6,9H2,1H3. The summed E-state index contributed by atoms with van der Waals surface area (Å²) in [6.45, 7) is 1.64. The molecule has 0 spiro atoms. The fraction of sp³-hybridized carbons (Fsp3) is 0.533. The van der Waals surface area contributed by atoms with E-state index in [2.05, 4.69) is 34.1 Å². The Morgan fingerprint density at radius 1 is 1.29 bits per heavy atom. The first-order chi connectivity index (χ1) is 8.16. The van der Waals surface area contributed by atoms with E-state index >= 15 is 0 Å². The molecule has 1 aromatic rings. The van der Waals surface area contributed by atoms with Crippen molar-refractivity contribution in [2.45, 2.75) is 51.4 Å². The van der Waals surface area contributed by atoms with Crippen LogP contribution in [0.2, 0.25) is 0 Å². The highest BCUT2D eigenvalue weighted by Crippen LogP contribution is 2.36. The highest BCUT2D eigenvalue weighted by atomic mass is 79.9. The Balaban J connectivity index is 2.15. The van der Waals surface area contributed by atoms with Crippen LogP contribution >= 0.6 is 15.9 Å². The van der Waals surface area contributed by atoms with Crippen molar-refractivity contribution in [2.75, 3.05) is 0 Å². The van der Waals surface area contributed by atoms with Crippen molar-refractivity contribution < 1.29 is 4.79 Å². The molecule has 17 heavy (non-hydrogen) atoms. The largest absolute Gasteiger partial charge is 0.300 e. The van der Waals surface area contributed by atoms with E-state index in [1.165, 1.54) is 42.1 Å². The number of halogens is 1. The van der Waals surface area contributed by atoms with E-state index in [0.29, 0.717) is 12.3 Å². The summed E-state index contributed by atoms with van der Waals surface area (Å²) in [5.41, 5.74) is 2.54. The summed E-state index contributed by atoms with van der Waals surface area (Å²) in [6, 6.07) is 6.43. The number of carbonyl (C=O) groups is 1. The summed E-state index contributed by atoms with van der Waals surface area (Å²) >= 11 is 3.66. The first kappa shape index (κ1) is 12.8. The second-order valence-electron chi connectivity index (χ2n) is 5.07. The normalized spacial score (nSPS) is 17.1. The predicted octanol–water partition coefficient (Wildman–Crippen LogP) is 4.63. The van der Waals surface area contributed by atoms with E-state index in [9.17, 15) is 4.79 Å². The lowest BCUT2D eigenvalue weighted by atomic mass is 9.84. The number of benzene rings is 1. The van der Waals surface area contributed by atoms with Gasteiger partial charge in [0.1, 0.15) is 5.78 Å². The van der Waals surface area contributed by atoms with E-state index in [1.54, 1.807) is 6.92 Å². The molecule has 1 aromatic carbocycles. The number of rotatable bonds is 3. The summed E-state index contributed by atoms with van der Waals surface area (Å²) in [5, 5.41) is 0. The predicted molar refractivity (Wildman–Crippen MR) is 74.4 cm³/mol. The smallest absolute Gasteiger partial charge is 0.134 e. The molecule has 0 heterocycles. The van der Waals surface area contributed by atoms with Gasteiger partial charge in [-0.05, 0) is 42.9 Å². The molecular weight excluding hydrogens is 276 g/mol. The zero-order chi connectivity index (χ0) is 12.3. The molecule has 0 bridgehead atoms. The third-order valence-electron chi connectivity index (χ3n) is 3.56. The van der Waals surface area contributed by atoms with Gasteiger partial charge in [0, 0.05) is 10.9 Å². The molecule has 1 aliphatic carbocycles. The van der Waals surface area contributed by atoms with Crippen LogP contribution in [0.25, 0.3) is 0 Å². The monoisotopic (exact) mass is 294 g/mol. The highest BCUT2D eigenvalue weighted by molar-refractivity contribution is 9.10. The van der Waals surface area contributed by atoms with Crippen molar-refractivity contribution in [1.82, 2.24) is 0 Å². The molecule has 0 atom stereocenters. The lowest BCUT2D eigenvalue weighted by Crippen LogP contribution is -2.06. The van der Waals surface area contributed by atoms with Gasteiger partial charge in [0.2, 0.25) is 0 Å². The topological polar surface area (TPSA) is 17.1 Å². The van der Waals surface area contributed by atoms with Crippen LogP contribution in [0, 0.1) is 0 Å². The van der Waals surface area contributed by atoms with Gasteiger partial charge in [-0.1, -0.05) is 47.3 Å². The number of carbonyl (C=O) groups excluding carboxylic acids is 1. The Morgan fingerprint density at radius 2 is 2.00 bits per heavy atom. The van der Waals surface area contributed by atoms with Gasteiger partial charge in [-0.25, -0.2) is 0 Å². The van der Waals surface area contributed by atoms with Crippen molar-refractivity contribution in [2.24, 2.45) is 0 Å². The van der Waals surface area contributed by atoms with Crippen LogP contribution in [0.15, 0.2) is 22.7 Å². The number of Topliss-reactive ketones (excluding diaryl/α,β-unsaturated/α-hetero) is 1. The fourth-order valence-corrected chi connectivity index (χ4v) is 3.46. The van der Waals surface area contributed by atoms with Gasteiger partial charge < -0.3 is 0 Å². The Hall–Kier alpha value is -0.630. The van der Waals surface area contributed by atoms with Crippen LogP contribution in [-0.2, 0) is 11.2 Å². The molecule has 1 fully saturated rings. The van der Waals surface area contributed by atoms with Crippen LogP contribution < -0.4 is 0 Å². The number of hydrogen-bond donors (Lipinski definition) is 0. The molecule has 0 radical (unpaired) electrons. The third kappa shape index (κ3) is 3.41. The lowest BCUT2D eigenvalue weighted by molar-refractivity contribution is -0.116. The van der Waals surface area contributed by atoms with Crippen molar-refractivity contribution in [3.8, 4) is 0 Å². The van der Waals surface area contributed by atoms with Gasteiger partial charge in [-0.2, -0.15) is 0 Å². The van der Waals surface area contributed by atoms with Gasteiger partial charge >= 0.3 is 0 Å². The molecule has 2 rings (SSSR count). The molecule has 0 unspecified atom stereocenters. The molecule has 92 valence electrons. The van der Waals surface area contributed by atoms with Crippen LogP contribution in [0.5, 0.6) is 0 Å². The molecular formula is C15H19BrO. The Morgan fingerprint density at radius 3 is 2.59 bits per heavy atom. The second-order valence-corrected chi connectivity index (χ2v) is 5.92. The van der Waals surface area contributed by atoms with E-state index in [4.69, 9.17) is 0 Å². The summed E-state index contributed by atoms with van der Waals surface area (Å²) in [5.74, 6) is 0.937. The minimum Gasteiger partial charge on any atom is -0.300 e. The van der Waals surface area contributed by atoms with Crippen LogP contribution in [0.4, 0.5) is 0 Å². The van der Waals surface area contributed by atoms with Gasteiger partial charge in [-0.3, -0.25) is 4.79 Å². The van der Waals surface area contributed by atoms with E-state index in [0.717, 1.165) is 5.56 Å². The van der Waals surface area contributed by atoms with Crippen molar-refractivity contribution in [3.63, 3.8) is 0 Å². The molecule has 1 nitrogen and oxygen atoms in total. The summed E-state index contributed by atoms with van der Waals surface area (Å²) in [4.78, 5) is 11.1. The molecule has 2 heteroatoms. The molecule has 0 saturated heterocycles. The van der Waals surface area contributed by atoms with Gasteiger partial charge in [0.25, 0.3) is 0 Å². The average molecular weight is 295 g/mol. The Labute approximate surface area is 112 Å². The van der Waals surface area contributed by atoms with Gasteiger partial charge in [-0.15, -0.1) is 0 Å². The number of ketones is 1. The molecule has 1 aliphatic rings. The third-order valence-corrected chi connectivity index (χ3v) is 4.25.